The minimum Gasteiger partial charge on any atom is -0.370 e. The molecule has 0 spiro atoms. The van der Waals surface area contributed by atoms with E-state index in [1.807, 2.05) is 0 Å². The molecule has 0 saturated carbocycles. The maximum atomic E-state index is 15.1. The summed E-state index contributed by atoms with van der Waals surface area (Å²) in [5.41, 5.74) is 42.0. The zero-order valence-electron chi connectivity index (χ0n) is 72.7. The zero-order chi connectivity index (χ0) is 95.0. The maximum absolute atomic E-state index is 15.1. The highest BCUT2D eigenvalue weighted by atomic mass is 33.1. The van der Waals surface area contributed by atoms with E-state index in [1.54, 1.807) is 88.6 Å². The van der Waals surface area contributed by atoms with E-state index in [-0.39, 0.29) is 108 Å². The number of carbonyl (C=O) groups excluding carboxylic acids is 17. The van der Waals surface area contributed by atoms with Crippen LogP contribution in [0.15, 0.2) is 60.9 Å². The van der Waals surface area contributed by atoms with Crippen LogP contribution in [0, 0.1) is 34.0 Å². The first-order valence-corrected chi connectivity index (χ1v) is 44.4. The molecule has 2 aromatic heterocycles. The number of fused-ring (bicyclic) bond motifs is 2. The molecule has 0 aliphatic carbocycles. The van der Waals surface area contributed by atoms with Gasteiger partial charge in [0.25, 0.3) is 0 Å². The van der Waals surface area contributed by atoms with Crippen molar-refractivity contribution in [2.24, 2.45) is 57.9 Å². The van der Waals surface area contributed by atoms with Crippen molar-refractivity contribution in [2.45, 2.75) is 217 Å². The molecule has 704 valence electrons. The highest BCUT2D eigenvalue weighted by Crippen LogP contribution is 2.26. The lowest BCUT2D eigenvalue weighted by molar-refractivity contribution is -0.137. The maximum Gasteiger partial charge on any atom is 0.244 e. The smallest absolute Gasteiger partial charge is 0.244 e. The van der Waals surface area contributed by atoms with Crippen molar-refractivity contribution in [3.63, 3.8) is 0 Å². The number of primary amides is 3. The highest BCUT2D eigenvalue weighted by Gasteiger charge is 2.40. The molecule has 1 fully saturated rings. The number of nitrogens with two attached hydrogens (primary N) is 7. The van der Waals surface area contributed by atoms with Crippen LogP contribution in [-0.4, -0.2) is 251 Å². The fourth-order valence-corrected chi connectivity index (χ4v) is 15.8. The summed E-state index contributed by atoms with van der Waals surface area (Å²) < 4.78 is 0. The molecule has 0 unspecified atom stereocenters. The molecule has 3 heterocycles. The quantitative estimate of drug-likeness (QED) is 0.00999. The van der Waals surface area contributed by atoms with Gasteiger partial charge in [0, 0.05) is 91.5 Å². The Balaban J connectivity index is 1.64. The van der Waals surface area contributed by atoms with Crippen LogP contribution in [0.1, 0.15) is 137 Å². The molecular weight excluding hydrogens is 1700 g/mol. The Morgan fingerprint density at radius 1 is 0.438 bits per heavy atom. The summed E-state index contributed by atoms with van der Waals surface area (Å²) in [6.45, 7) is 9.60. The summed E-state index contributed by atoms with van der Waals surface area (Å²) in [6.07, 6.45) is 0.342. The minimum absolute atomic E-state index is 0.00929. The molecule has 2 aromatic carbocycles. The summed E-state index contributed by atoms with van der Waals surface area (Å²) in [5.74, 6) is -21.2. The molecule has 36 N–H and O–H groups in total. The third kappa shape index (κ3) is 35.8. The summed E-state index contributed by atoms with van der Waals surface area (Å²) in [6, 6.07) is -6.52. The lowest BCUT2D eigenvalue weighted by atomic mass is 9.96. The van der Waals surface area contributed by atoms with Crippen molar-refractivity contribution >= 4 is 162 Å². The molecule has 128 heavy (non-hydrogen) atoms. The predicted octanol–water partition coefficient (Wildman–Crippen LogP) is -6.22. The van der Waals surface area contributed by atoms with Crippen molar-refractivity contribution in [1.82, 2.24) is 100 Å². The van der Waals surface area contributed by atoms with Crippen LogP contribution in [-0.2, 0) is 94.3 Å². The Morgan fingerprint density at radius 3 is 1.23 bits per heavy atom. The number of hydrogen-bond acceptors (Lipinski definition) is 23. The van der Waals surface area contributed by atoms with E-state index < -0.39 is 240 Å². The third-order valence-corrected chi connectivity index (χ3v) is 23.1. The van der Waals surface area contributed by atoms with Crippen molar-refractivity contribution in [1.29, 1.82) is 16.2 Å². The van der Waals surface area contributed by atoms with Gasteiger partial charge in [0.15, 0.2) is 17.9 Å². The van der Waals surface area contributed by atoms with Crippen LogP contribution < -0.4 is 131 Å². The lowest BCUT2D eigenvalue weighted by Crippen LogP contribution is -2.62. The number of aromatic amines is 2. The molecule has 4 aromatic rings. The van der Waals surface area contributed by atoms with Gasteiger partial charge < -0.3 is 140 Å². The summed E-state index contributed by atoms with van der Waals surface area (Å²) >= 11 is 0. The number of guanidine groups is 3. The molecule has 0 bridgehead atoms. The van der Waals surface area contributed by atoms with Crippen LogP contribution in [0.2, 0.25) is 0 Å². The van der Waals surface area contributed by atoms with Crippen LogP contribution >= 0.6 is 21.6 Å². The Bertz CT molecular complexity index is 4580. The van der Waals surface area contributed by atoms with E-state index in [0.29, 0.717) is 32.9 Å². The molecule has 1 saturated heterocycles. The number of para-hydroxylation sites is 2. The molecule has 5 rings (SSSR count). The van der Waals surface area contributed by atoms with E-state index in [1.165, 1.54) is 13.8 Å². The zero-order valence-corrected chi connectivity index (χ0v) is 74.3. The second-order valence-electron chi connectivity index (χ2n) is 31.6. The van der Waals surface area contributed by atoms with Crippen LogP contribution in [0.3, 0.4) is 0 Å². The fraction of sp³-hybridized carbons (Fsp3) is 0.550. The molecule has 46 nitrogen and oxygen atoms in total. The first kappa shape index (κ1) is 106. The number of nitrogens with one attached hydrogen (secondary N) is 22. The number of amides is 17. The predicted molar refractivity (Wildman–Crippen MR) is 479 cm³/mol. The van der Waals surface area contributed by atoms with Crippen LogP contribution in [0.5, 0.6) is 0 Å². The van der Waals surface area contributed by atoms with Crippen LogP contribution in [0.25, 0.3) is 21.8 Å². The molecule has 1 aliphatic rings. The number of hydrogen-bond donors (Lipinski definition) is 29. The summed E-state index contributed by atoms with van der Waals surface area (Å²) in [4.78, 5) is 249. The Morgan fingerprint density at radius 2 is 0.812 bits per heavy atom. The van der Waals surface area contributed by atoms with E-state index in [9.17, 15) is 67.1 Å². The average molecular weight is 1830 g/mol. The van der Waals surface area contributed by atoms with E-state index >= 15 is 14.4 Å². The molecule has 14 atom stereocenters. The molecular formula is C80H125N29O17S2. The lowest BCUT2D eigenvalue weighted by Gasteiger charge is -2.30. The Labute approximate surface area is 747 Å². The van der Waals surface area contributed by atoms with Crippen molar-refractivity contribution < 1.29 is 81.5 Å². The molecule has 0 radical (unpaired) electrons. The summed E-state index contributed by atoms with van der Waals surface area (Å²) in [5, 5.41) is 68.6. The van der Waals surface area contributed by atoms with Gasteiger partial charge in [-0.3, -0.25) is 97.7 Å². The Hall–Kier alpha value is -13.0. The number of aromatic nitrogens is 2. The Kier molecular flexibility index (Phi) is 44.1. The number of carbonyl (C=O) groups is 17. The van der Waals surface area contributed by atoms with Gasteiger partial charge in [-0.15, -0.1) is 0 Å². The van der Waals surface area contributed by atoms with E-state index in [2.05, 4.69) is 100 Å². The fourth-order valence-electron chi connectivity index (χ4n) is 13.5. The normalized spacial score (nSPS) is 23.1. The standard InChI is InChI=1S/C80H125N29O17S2/c1-8-41(6)64-77(126)102-51(23-15-29-92-79(87)88)68(117)100-53(25-26-59(82)111)70(119)106-57(65(84)114)37-127-128-38-58(97-42(7)110)74(123)99-50(22-14-28-91-78(85)86)69(118)104-54(31-43-34-94-47-19-11-9-17-45(43)47)72(121)108-62(39(2)3)75(124)101-52(24-16-30-93-80(89)90)71(120)107-63(40(4)5)76(125)105-56(33-60(83)112)66(115)96-36-61(113)98-49(21-13-27-81)67(116)103-55(73(122)109-64)32-44-35-95-48-20-12-10-18-46(44)48/h9-12,17-20,34-35,39-41,49-58,62-64,94-95H,8,13-16,21-33,36-38,81H2,1-7H3,(H2,82,111)(H2,83,112)(H2,84,114)(H,96,115)(H,97,110)(H,98,113)(H,99,123)(H,100,117)(H,101,124)(H,102,126)(H,103,116)(H,104,118)(H,105,125)(H,106,119)(H,107,120)(H,108,121)(H,109,122)(H4,85,86,91)(H4,87,88,92)(H4,89,90,93)/t41-,49-,50-,51-,52-,53-,54-,55-,56-,57-,58-,62-,63-,64-/m0/s1. The monoisotopic (exact) mass is 1830 g/mol. The number of H-pyrrole nitrogens is 2. The van der Waals surface area contributed by atoms with Gasteiger partial charge in [-0.1, -0.05) is 106 Å². The van der Waals surface area contributed by atoms with Crippen LogP contribution in [0.4, 0.5) is 0 Å². The van der Waals surface area contributed by atoms with Gasteiger partial charge in [-0.05, 0) is 105 Å². The van der Waals surface area contributed by atoms with Crippen molar-refractivity contribution in [2.75, 3.05) is 44.2 Å². The van der Waals surface area contributed by atoms with E-state index in [4.69, 9.17) is 56.4 Å². The second kappa shape index (κ2) is 53.5. The van der Waals surface area contributed by atoms with Gasteiger partial charge >= 0.3 is 0 Å². The summed E-state index contributed by atoms with van der Waals surface area (Å²) in [7, 11) is 1.77. The topological polar surface area (TPSA) is 780 Å². The van der Waals surface area contributed by atoms with Gasteiger partial charge in [0.2, 0.25) is 100 Å². The molecule has 1 aliphatic heterocycles. The highest BCUT2D eigenvalue weighted by molar-refractivity contribution is 8.76. The number of benzene rings is 2. The average Bonchev–Trinajstić information content (AvgIpc) is 1.40. The molecule has 17 amide bonds. The number of rotatable bonds is 30. The van der Waals surface area contributed by atoms with Gasteiger partial charge in [0.05, 0.1) is 13.0 Å². The molecule has 48 heteroatoms. The van der Waals surface area contributed by atoms with Crippen molar-refractivity contribution in [3.8, 4) is 0 Å². The van der Waals surface area contributed by atoms with Gasteiger partial charge in [0.1, 0.15) is 78.5 Å². The SMILES string of the molecule is CC[C@H](C)[C@@H]1NC(=O)[C@H](Cc2c[nH]c3ccccc23)NC(=O)[C@H](CCCN)NC(=O)CNC(=O)[C@H](CC(N)=O)NC(=O)[C@H](C(C)C)NC(=O)[C@H](CCCNC(=N)N)NC(=O)[C@H](C(C)C)NC(=O)[C@H](Cc2c[nH]c3ccccc23)NC(=O)[C@H](CCCNC(=N)N)NC(=O)[C@@H](NC(C)=O)CSSC[C@@H](C(N)=O)NC(=O)[C@H](CCC(N)=O)NC(=O)[C@H](CCCNC(=N)N)NC1=O. The largest absolute Gasteiger partial charge is 0.370 e. The first-order chi connectivity index (χ1) is 60.6. The minimum atomic E-state index is -1.84. The van der Waals surface area contributed by atoms with Gasteiger partial charge in [-0.2, -0.15) is 0 Å². The van der Waals surface area contributed by atoms with Gasteiger partial charge in [-0.25, -0.2) is 0 Å². The van der Waals surface area contributed by atoms with E-state index in [0.717, 1.165) is 28.5 Å². The third-order valence-electron chi connectivity index (χ3n) is 20.6. The van der Waals surface area contributed by atoms with Crippen molar-refractivity contribution in [3.05, 3.63) is 72.1 Å². The second-order valence-corrected chi connectivity index (χ2v) is 34.1. The first-order valence-electron chi connectivity index (χ1n) is 41.9.